The number of rotatable bonds is 7. The van der Waals surface area contributed by atoms with Crippen molar-refractivity contribution in [3.05, 3.63) is 87.6 Å². The van der Waals surface area contributed by atoms with E-state index in [0.29, 0.717) is 37.4 Å². The molecule has 0 spiro atoms. The Morgan fingerprint density at radius 1 is 1.03 bits per heavy atom. The van der Waals surface area contributed by atoms with E-state index in [1.54, 1.807) is 24.3 Å². The van der Waals surface area contributed by atoms with Crippen molar-refractivity contribution < 1.29 is 18.4 Å². The highest BCUT2D eigenvalue weighted by Crippen LogP contribution is 2.26. The van der Waals surface area contributed by atoms with E-state index >= 15 is 0 Å². The van der Waals surface area contributed by atoms with Gasteiger partial charge < -0.3 is 10.2 Å². The molecule has 1 aromatic heterocycles. The van der Waals surface area contributed by atoms with Gasteiger partial charge in [0.2, 0.25) is 5.91 Å². The maximum atomic E-state index is 14.5. The van der Waals surface area contributed by atoms with Gasteiger partial charge in [0.1, 0.15) is 11.6 Å². The molecule has 1 fully saturated rings. The van der Waals surface area contributed by atoms with Crippen LogP contribution in [0.1, 0.15) is 33.8 Å². The van der Waals surface area contributed by atoms with Crippen LogP contribution in [0.4, 0.5) is 14.5 Å². The van der Waals surface area contributed by atoms with Crippen molar-refractivity contribution in [2.45, 2.75) is 13.0 Å². The Hall–Kier alpha value is -3.10. The Labute approximate surface area is 195 Å². The van der Waals surface area contributed by atoms with E-state index < -0.39 is 5.82 Å². The Morgan fingerprint density at radius 3 is 2.36 bits per heavy atom. The number of nitrogens with zero attached hydrogens (tertiary/aromatic N) is 2. The number of Topliss-reactive ketones (excluding diaryl/α,β-unsaturated/α-hetero) is 1. The van der Waals surface area contributed by atoms with Crippen molar-refractivity contribution in [1.29, 1.82) is 0 Å². The summed E-state index contributed by atoms with van der Waals surface area (Å²) in [7, 11) is 0. The lowest BCUT2D eigenvalue weighted by atomic mass is 10.1. The molecule has 8 heteroatoms. The van der Waals surface area contributed by atoms with Crippen molar-refractivity contribution in [3.8, 4) is 0 Å². The van der Waals surface area contributed by atoms with Crippen LogP contribution >= 0.6 is 11.3 Å². The average molecular weight is 470 g/mol. The lowest BCUT2D eigenvalue weighted by molar-refractivity contribution is -0.122. The molecule has 3 aromatic rings. The molecule has 0 radical (unpaired) electrons. The summed E-state index contributed by atoms with van der Waals surface area (Å²) in [6, 6.07) is 14.2. The van der Waals surface area contributed by atoms with E-state index in [1.165, 1.54) is 36.5 Å². The summed E-state index contributed by atoms with van der Waals surface area (Å²) in [6.07, 6.45) is 0. The summed E-state index contributed by atoms with van der Waals surface area (Å²) >= 11 is 1.53. The van der Waals surface area contributed by atoms with Crippen molar-refractivity contribution >= 4 is 28.7 Å². The van der Waals surface area contributed by atoms with Gasteiger partial charge in [0, 0.05) is 36.6 Å². The van der Waals surface area contributed by atoms with Crippen LogP contribution in [0.25, 0.3) is 0 Å². The molecule has 1 atom stereocenters. The molecule has 0 saturated carbocycles. The first-order chi connectivity index (χ1) is 15.9. The topological polar surface area (TPSA) is 52.7 Å². The van der Waals surface area contributed by atoms with Crippen molar-refractivity contribution in [2.24, 2.45) is 0 Å². The molecule has 33 heavy (non-hydrogen) atoms. The third kappa shape index (κ3) is 5.64. The third-order valence-corrected chi connectivity index (χ3v) is 6.71. The largest absolute Gasteiger partial charge is 0.367 e. The molecule has 0 aliphatic carbocycles. The zero-order valence-electron chi connectivity index (χ0n) is 18.3. The van der Waals surface area contributed by atoms with Gasteiger partial charge in [-0.05, 0) is 54.3 Å². The van der Waals surface area contributed by atoms with Gasteiger partial charge in [-0.1, -0.05) is 18.2 Å². The fourth-order valence-corrected chi connectivity index (χ4v) is 4.77. The minimum absolute atomic E-state index is 0.122. The molecular weight excluding hydrogens is 444 g/mol. The van der Waals surface area contributed by atoms with Gasteiger partial charge in [0.15, 0.2) is 5.78 Å². The number of nitrogens with one attached hydrogen (secondary N) is 1. The first-order valence-electron chi connectivity index (χ1n) is 10.8. The molecule has 4 rings (SSSR count). The summed E-state index contributed by atoms with van der Waals surface area (Å²) in [5.74, 6) is -1.02. The number of halogens is 2. The smallest absolute Gasteiger partial charge is 0.234 e. The predicted molar refractivity (Wildman–Crippen MR) is 126 cm³/mol. The van der Waals surface area contributed by atoms with Crippen molar-refractivity contribution in [1.82, 2.24) is 10.2 Å². The Balaban J connectivity index is 1.35. The number of hydrogen-bond acceptors (Lipinski definition) is 5. The number of amides is 1. The molecule has 0 unspecified atom stereocenters. The lowest BCUT2D eigenvalue weighted by Gasteiger charge is -2.36. The second-order valence-electron chi connectivity index (χ2n) is 8.05. The maximum Gasteiger partial charge on any atom is 0.234 e. The number of hydrogen-bond donors (Lipinski definition) is 1. The number of thiophene rings is 1. The highest BCUT2D eigenvalue weighted by atomic mass is 32.1. The first-order valence-corrected chi connectivity index (χ1v) is 11.6. The molecule has 2 heterocycles. The predicted octanol–water partition coefficient (Wildman–Crippen LogP) is 4.26. The maximum absolute atomic E-state index is 14.5. The van der Waals surface area contributed by atoms with E-state index in [4.69, 9.17) is 0 Å². The van der Waals surface area contributed by atoms with E-state index in [-0.39, 0.29) is 30.1 Å². The molecule has 1 aliphatic heterocycles. The zero-order chi connectivity index (χ0) is 23.4. The summed E-state index contributed by atoms with van der Waals surface area (Å²) in [4.78, 5) is 29.2. The van der Waals surface area contributed by atoms with Crippen LogP contribution in [-0.2, 0) is 4.79 Å². The number of benzene rings is 2. The van der Waals surface area contributed by atoms with Gasteiger partial charge >= 0.3 is 0 Å². The Morgan fingerprint density at radius 2 is 1.76 bits per heavy atom. The number of anilines is 1. The molecule has 2 aromatic carbocycles. The van der Waals surface area contributed by atoms with E-state index in [2.05, 4.69) is 5.32 Å². The van der Waals surface area contributed by atoms with Gasteiger partial charge in [-0.2, -0.15) is 0 Å². The lowest BCUT2D eigenvalue weighted by Crippen LogP contribution is -2.50. The van der Waals surface area contributed by atoms with Crippen molar-refractivity contribution in [2.75, 3.05) is 37.6 Å². The molecule has 1 saturated heterocycles. The second-order valence-corrected chi connectivity index (χ2v) is 9.03. The van der Waals surface area contributed by atoms with Gasteiger partial charge in [0.25, 0.3) is 0 Å². The number of piperazine rings is 1. The fourth-order valence-electron chi connectivity index (χ4n) is 3.97. The van der Waals surface area contributed by atoms with Gasteiger partial charge in [-0.3, -0.25) is 14.5 Å². The third-order valence-electron chi connectivity index (χ3n) is 5.77. The monoisotopic (exact) mass is 469 g/mol. The molecule has 5 nitrogen and oxygen atoms in total. The number of ketones is 1. The van der Waals surface area contributed by atoms with E-state index in [0.717, 1.165) is 10.4 Å². The van der Waals surface area contributed by atoms with Gasteiger partial charge in [-0.15, -0.1) is 11.3 Å². The Bertz CT molecular complexity index is 1110. The van der Waals surface area contributed by atoms with Crippen LogP contribution in [0.3, 0.4) is 0 Å². The normalized spacial score (nSPS) is 15.3. The van der Waals surface area contributed by atoms with Crippen LogP contribution in [0.15, 0.2) is 60.0 Å². The summed E-state index contributed by atoms with van der Waals surface area (Å²) in [6.45, 7) is 4.02. The average Bonchev–Trinajstić information content (AvgIpc) is 3.33. The van der Waals surface area contributed by atoms with Crippen LogP contribution in [0, 0.1) is 11.6 Å². The van der Waals surface area contributed by atoms with Crippen LogP contribution < -0.4 is 10.2 Å². The second kappa shape index (κ2) is 10.2. The summed E-state index contributed by atoms with van der Waals surface area (Å²) < 4.78 is 27.8. The molecule has 0 bridgehead atoms. The molecular formula is C25H25F2N3O2S. The molecule has 172 valence electrons. The standard InChI is InChI=1S/C25H25F2N3O2S/c1-17(31)19-6-9-22(21(27)15-19)30-12-10-29(11-13-30)16-24(32)28-25(23-3-2-14-33-23)18-4-7-20(26)8-5-18/h2-9,14-15,25H,10-13,16H2,1H3,(H,28,32)/t25-/m0/s1. The van der Waals surface area contributed by atoms with Crippen LogP contribution in [0.2, 0.25) is 0 Å². The minimum Gasteiger partial charge on any atom is -0.367 e. The molecule has 1 N–H and O–H groups in total. The van der Waals surface area contributed by atoms with Crippen LogP contribution in [-0.4, -0.2) is 49.3 Å². The SMILES string of the molecule is CC(=O)c1ccc(N2CCN(CC(=O)N[C@@H](c3ccc(F)cc3)c3cccs3)CC2)c(F)c1. The van der Waals surface area contributed by atoms with Crippen LogP contribution in [0.5, 0.6) is 0 Å². The Kier molecular flexibility index (Phi) is 7.15. The first kappa shape index (κ1) is 23.1. The van der Waals surface area contributed by atoms with Gasteiger partial charge in [0.05, 0.1) is 18.3 Å². The minimum atomic E-state index is -0.410. The summed E-state index contributed by atoms with van der Waals surface area (Å²) in [5.41, 5.74) is 1.65. The zero-order valence-corrected chi connectivity index (χ0v) is 19.1. The van der Waals surface area contributed by atoms with E-state index in [9.17, 15) is 18.4 Å². The molecule has 1 aliphatic rings. The highest BCUT2D eigenvalue weighted by molar-refractivity contribution is 7.10. The number of carbonyl (C=O) groups excluding carboxylic acids is 2. The quantitative estimate of drug-likeness (QED) is 0.526. The van der Waals surface area contributed by atoms with Gasteiger partial charge in [-0.25, -0.2) is 8.78 Å². The summed E-state index contributed by atoms with van der Waals surface area (Å²) in [5, 5.41) is 5.02. The molecule has 1 amide bonds. The van der Waals surface area contributed by atoms with E-state index in [1.807, 2.05) is 27.3 Å². The highest BCUT2D eigenvalue weighted by Gasteiger charge is 2.24. The fraction of sp³-hybridized carbons (Fsp3) is 0.280. The number of carbonyl (C=O) groups is 2. The van der Waals surface area contributed by atoms with Crippen molar-refractivity contribution in [3.63, 3.8) is 0 Å².